The summed E-state index contributed by atoms with van der Waals surface area (Å²) in [5.41, 5.74) is 0.775. The molecule has 0 bridgehead atoms. The second-order valence-corrected chi connectivity index (χ2v) is 8.38. The highest BCUT2D eigenvalue weighted by Gasteiger charge is 2.28. The molecule has 2 aromatic rings. The minimum atomic E-state index is -0.295. The number of carbonyl (C=O) groups excluding carboxylic acids is 1. The lowest BCUT2D eigenvalue weighted by molar-refractivity contribution is -0.120. The number of hydrogen-bond acceptors (Lipinski definition) is 4. The molecule has 0 radical (unpaired) electrons. The Morgan fingerprint density at radius 1 is 1.32 bits per heavy atom. The second kappa shape index (κ2) is 9.37. The maximum absolute atomic E-state index is 13.2. The Labute approximate surface area is 169 Å². The maximum Gasteiger partial charge on any atom is 0.230 e. The van der Waals surface area contributed by atoms with Crippen molar-refractivity contribution >= 4 is 17.7 Å². The van der Waals surface area contributed by atoms with Gasteiger partial charge in [-0.25, -0.2) is 4.39 Å². The highest BCUT2D eigenvalue weighted by Crippen LogP contribution is 2.30. The molecule has 1 saturated carbocycles. The molecular formula is C21H27FN4OS. The van der Waals surface area contributed by atoms with Crippen LogP contribution < -0.4 is 5.32 Å². The number of nitrogens with zero attached hydrogens (tertiary/aromatic N) is 3. The average Bonchev–Trinajstić information content (AvgIpc) is 3.07. The van der Waals surface area contributed by atoms with Gasteiger partial charge in [0.15, 0.2) is 11.0 Å². The van der Waals surface area contributed by atoms with Crippen LogP contribution in [0.25, 0.3) is 11.4 Å². The SMILES string of the molecule is C=CCn1c(SCC(=O)N[C@H]2CCC[C@@H](C)[C@H]2C)nnc1-c1ccc(F)cc1. The van der Waals surface area contributed by atoms with Gasteiger partial charge >= 0.3 is 0 Å². The van der Waals surface area contributed by atoms with Gasteiger partial charge in [0, 0.05) is 18.2 Å². The Balaban J connectivity index is 1.66. The van der Waals surface area contributed by atoms with Crippen molar-refractivity contribution in [3.63, 3.8) is 0 Å². The number of nitrogens with one attached hydrogen (secondary N) is 1. The quantitative estimate of drug-likeness (QED) is 0.554. The van der Waals surface area contributed by atoms with E-state index in [2.05, 4.69) is 35.9 Å². The van der Waals surface area contributed by atoms with Gasteiger partial charge in [0.05, 0.1) is 5.75 Å². The topological polar surface area (TPSA) is 59.8 Å². The van der Waals surface area contributed by atoms with Crippen LogP contribution in [0.4, 0.5) is 4.39 Å². The molecule has 1 heterocycles. The second-order valence-electron chi connectivity index (χ2n) is 7.44. The fourth-order valence-corrected chi connectivity index (χ4v) is 4.42. The molecule has 1 aliphatic rings. The molecule has 3 atom stereocenters. The van der Waals surface area contributed by atoms with E-state index >= 15 is 0 Å². The van der Waals surface area contributed by atoms with Crippen LogP contribution in [0.3, 0.4) is 0 Å². The van der Waals surface area contributed by atoms with Crippen molar-refractivity contribution in [1.82, 2.24) is 20.1 Å². The zero-order chi connectivity index (χ0) is 20.1. The van der Waals surface area contributed by atoms with Crippen LogP contribution in [0.15, 0.2) is 42.1 Å². The van der Waals surface area contributed by atoms with Crippen molar-refractivity contribution in [3.8, 4) is 11.4 Å². The van der Waals surface area contributed by atoms with Crippen LogP contribution in [-0.4, -0.2) is 32.5 Å². The van der Waals surface area contributed by atoms with Crippen molar-refractivity contribution in [2.75, 3.05) is 5.75 Å². The predicted octanol–water partition coefficient (Wildman–Crippen LogP) is 4.30. The molecule has 1 amide bonds. The minimum absolute atomic E-state index is 0.0208. The van der Waals surface area contributed by atoms with E-state index in [1.165, 1.54) is 30.3 Å². The van der Waals surface area contributed by atoms with Crippen LogP contribution in [0, 0.1) is 17.7 Å². The van der Waals surface area contributed by atoms with Crippen molar-refractivity contribution in [1.29, 1.82) is 0 Å². The summed E-state index contributed by atoms with van der Waals surface area (Å²) in [6.07, 6.45) is 5.20. The highest BCUT2D eigenvalue weighted by molar-refractivity contribution is 7.99. The van der Waals surface area contributed by atoms with E-state index in [4.69, 9.17) is 0 Å². The van der Waals surface area contributed by atoms with Gasteiger partial charge in [0.1, 0.15) is 5.82 Å². The molecular weight excluding hydrogens is 375 g/mol. The zero-order valence-corrected chi connectivity index (χ0v) is 17.2. The fraction of sp³-hybridized carbons (Fsp3) is 0.476. The molecule has 150 valence electrons. The van der Waals surface area contributed by atoms with E-state index in [9.17, 15) is 9.18 Å². The lowest BCUT2D eigenvalue weighted by atomic mass is 9.78. The van der Waals surface area contributed by atoms with E-state index in [-0.39, 0.29) is 23.5 Å². The molecule has 7 heteroatoms. The highest BCUT2D eigenvalue weighted by atomic mass is 32.2. The fourth-order valence-electron chi connectivity index (χ4n) is 3.67. The normalized spacial score (nSPS) is 22.0. The van der Waals surface area contributed by atoms with E-state index < -0.39 is 0 Å². The Kier molecular flexibility index (Phi) is 6.88. The van der Waals surface area contributed by atoms with Gasteiger partial charge in [0.2, 0.25) is 5.91 Å². The van der Waals surface area contributed by atoms with E-state index in [0.29, 0.717) is 29.4 Å². The first-order valence-electron chi connectivity index (χ1n) is 9.71. The van der Waals surface area contributed by atoms with Crippen LogP contribution in [0.1, 0.15) is 33.1 Å². The summed E-state index contributed by atoms with van der Waals surface area (Å²) in [7, 11) is 0. The van der Waals surface area contributed by atoms with Crippen LogP contribution in [0.2, 0.25) is 0 Å². The molecule has 1 fully saturated rings. The summed E-state index contributed by atoms with van der Waals surface area (Å²) in [5.74, 6) is 1.79. The van der Waals surface area contributed by atoms with Crippen LogP contribution >= 0.6 is 11.8 Å². The zero-order valence-electron chi connectivity index (χ0n) is 16.4. The number of amides is 1. The lowest BCUT2D eigenvalue weighted by Crippen LogP contribution is -2.44. The number of thioether (sulfide) groups is 1. The number of aromatic nitrogens is 3. The van der Waals surface area contributed by atoms with Gasteiger partial charge in [-0.15, -0.1) is 16.8 Å². The Morgan fingerprint density at radius 2 is 2.07 bits per heavy atom. The number of benzene rings is 1. The summed E-state index contributed by atoms with van der Waals surface area (Å²) < 4.78 is 15.1. The average molecular weight is 403 g/mol. The van der Waals surface area contributed by atoms with Crippen molar-refractivity contribution < 1.29 is 9.18 Å². The van der Waals surface area contributed by atoms with Gasteiger partial charge in [0.25, 0.3) is 0 Å². The number of rotatable bonds is 7. The molecule has 0 unspecified atom stereocenters. The van der Waals surface area contributed by atoms with Gasteiger partial charge in [-0.3, -0.25) is 9.36 Å². The third-order valence-corrected chi connectivity index (χ3v) is 6.48. The Bertz CT molecular complexity index is 820. The first kappa shape index (κ1) is 20.6. The van der Waals surface area contributed by atoms with Crippen molar-refractivity contribution in [2.45, 2.75) is 50.9 Å². The summed E-state index contributed by atoms with van der Waals surface area (Å²) in [6.45, 7) is 8.78. The summed E-state index contributed by atoms with van der Waals surface area (Å²) in [6, 6.07) is 6.39. The Morgan fingerprint density at radius 3 is 2.79 bits per heavy atom. The first-order valence-corrected chi connectivity index (χ1v) is 10.7. The molecule has 5 nitrogen and oxygen atoms in total. The van der Waals surface area contributed by atoms with Gasteiger partial charge < -0.3 is 5.32 Å². The molecule has 0 spiro atoms. The third-order valence-electron chi connectivity index (χ3n) is 5.52. The van der Waals surface area contributed by atoms with Gasteiger partial charge in [-0.2, -0.15) is 0 Å². The number of hydrogen-bond donors (Lipinski definition) is 1. The third kappa shape index (κ3) is 4.82. The molecule has 1 N–H and O–H groups in total. The molecule has 0 aliphatic heterocycles. The summed E-state index contributed by atoms with van der Waals surface area (Å²) >= 11 is 1.36. The standard InChI is InChI=1S/C21H27FN4OS/c1-4-12-26-20(16-8-10-17(22)11-9-16)24-25-21(26)28-13-19(27)23-18-7-5-6-14(2)15(18)3/h4,8-11,14-15,18H,1,5-7,12-13H2,2-3H3,(H,23,27)/t14-,15-,18+/m1/s1. The van der Waals surface area contributed by atoms with Crippen molar-refractivity contribution in [3.05, 3.63) is 42.7 Å². The molecule has 1 aliphatic carbocycles. The monoisotopic (exact) mass is 402 g/mol. The molecule has 0 saturated heterocycles. The minimum Gasteiger partial charge on any atom is -0.352 e. The number of carbonyl (C=O) groups is 1. The smallest absolute Gasteiger partial charge is 0.230 e. The van der Waals surface area contributed by atoms with E-state index in [1.54, 1.807) is 18.2 Å². The largest absolute Gasteiger partial charge is 0.352 e. The van der Waals surface area contributed by atoms with E-state index in [0.717, 1.165) is 18.4 Å². The predicted molar refractivity (Wildman–Crippen MR) is 110 cm³/mol. The van der Waals surface area contributed by atoms with Crippen LogP contribution in [0.5, 0.6) is 0 Å². The van der Waals surface area contributed by atoms with Crippen LogP contribution in [-0.2, 0) is 11.3 Å². The molecule has 28 heavy (non-hydrogen) atoms. The molecule has 3 rings (SSSR count). The van der Waals surface area contributed by atoms with Gasteiger partial charge in [-0.05, 0) is 42.5 Å². The molecule has 1 aromatic carbocycles. The lowest BCUT2D eigenvalue weighted by Gasteiger charge is -2.34. The first-order chi connectivity index (χ1) is 13.5. The summed E-state index contributed by atoms with van der Waals surface area (Å²) in [4.78, 5) is 12.5. The molecule has 1 aromatic heterocycles. The number of allylic oxidation sites excluding steroid dienone is 1. The maximum atomic E-state index is 13.2. The Hall–Kier alpha value is -2.15. The van der Waals surface area contributed by atoms with Gasteiger partial charge in [-0.1, -0.05) is 44.5 Å². The number of halogens is 1. The van der Waals surface area contributed by atoms with Crippen molar-refractivity contribution in [2.24, 2.45) is 11.8 Å². The van der Waals surface area contributed by atoms with E-state index in [1.807, 2.05) is 4.57 Å². The summed E-state index contributed by atoms with van der Waals surface area (Å²) in [5, 5.41) is 12.3.